The minimum Gasteiger partial charge on any atom is -0.307 e. The fourth-order valence-electron chi connectivity index (χ4n) is 5.37. The van der Waals surface area contributed by atoms with E-state index >= 15 is 4.39 Å². The van der Waals surface area contributed by atoms with E-state index < -0.39 is 0 Å². The lowest BCUT2D eigenvalue weighted by Gasteiger charge is -2.13. The van der Waals surface area contributed by atoms with Crippen LogP contribution in [0.5, 0.6) is 0 Å². The van der Waals surface area contributed by atoms with Gasteiger partial charge in [-0.2, -0.15) is 0 Å². The van der Waals surface area contributed by atoms with E-state index in [1.54, 1.807) is 12.1 Å². The summed E-state index contributed by atoms with van der Waals surface area (Å²) in [5.41, 5.74) is 8.88. The quantitative estimate of drug-likeness (QED) is 0.244. The molecule has 0 spiro atoms. The third-order valence-corrected chi connectivity index (χ3v) is 7.09. The Kier molecular flexibility index (Phi) is 4.56. The average molecular weight is 446 g/mol. The molecule has 0 amide bonds. The first kappa shape index (κ1) is 20.6. The molecule has 2 nitrogen and oxygen atoms in total. The maximum atomic E-state index is 15.1. The second kappa shape index (κ2) is 7.53. The van der Waals surface area contributed by atoms with E-state index in [2.05, 4.69) is 87.1 Å². The lowest BCUT2D eigenvalue weighted by Crippen LogP contribution is -2.30. The van der Waals surface area contributed by atoms with E-state index in [-0.39, 0.29) is 5.82 Å². The molecule has 0 N–H and O–H groups in total. The van der Waals surface area contributed by atoms with Gasteiger partial charge in [0.2, 0.25) is 5.69 Å². The summed E-state index contributed by atoms with van der Waals surface area (Å²) in [6.07, 6.45) is 2.12. The van der Waals surface area contributed by atoms with E-state index in [1.165, 1.54) is 33.3 Å². The topological polar surface area (TPSA) is 8.81 Å². The van der Waals surface area contributed by atoms with Gasteiger partial charge in [0.25, 0.3) is 0 Å². The highest BCUT2D eigenvalue weighted by atomic mass is 19.1. The summed E-state index contributed by atoms with van der Waals surface area (Å²) in [4.78, 5) is 0. The number of hydrogen-bond acceptors (Lipinski definition) is 0. The van der Waals surface area contributed by atoms with Gasteiger partial charge < -0.3 is 4.57 Å². The molecular formula is C31H26FN2+. The van der Waals surface area contributed by atoms with Crippen molar-refractivity contribution in [2.75, 3.05) is 0 Å². The van der Waals surface area contributed by atoms with Crippen LogP contribution < -0.4 is 4.57 Å². The maximum absolute atomic E-state index is 15.1. The highest BCUT2D eigenvalue weighted by Gasteiger charge is 2.20. The second-order valence-electron chi connectivity index (χ2n) is 9.29. The Morgan fingerprint density at radius 2 is 1.56 bits per heavy atom. The molecule has 0 fully saturated rings. The minimum absolute atomic E-state index is 0.209. The zero-order valence-electron chi connectivity index (χ0n) is 19.9. The lowest BCUT2D eigenvalue weighted by atomic mass is 9.94. The Balaban J connectivity index is 1.66. The first-order valence-electron chi connectivity index (χ1n) is 11.6. The molecule has 0 unspecified atom stereocenters. The van der Waals surface area contributed by atoms with Crippen molar-refractivity contribution in [2.45, 2.75) is 20.8 Å². The first-order valence-corrected chi connectivity index (χ1v) is 11.6. The van der Waals surface area contributed by atoms with Crippen LogP contribution >= 0.6 is 0 Å². The zero-order chi connectivity index (χ0) is 23.6. The van der Waals surface area contributed by atoms with Gasteiger partial charge in [-0.3, -0.25) is 0 Å². The molecule has 0 bridgehead atoms. The van der Waals surface area contributed by atoms with Gasteiger partial charge in [-0.15, -0.1) is 0 Å². The molecule has 0 aliphatic carbocycles. The van der Waals surface area contributed by atoms with Crippen molar-refractivity contribution in [3.8, 4) is 16.9 Å². The van der Waals surface area contributed by atoms with Crippen molar-refractivity contribution in [1.29, 1.82) is 0 Å². The Labute approximate surface area is 198 Å². The summed E-state index contributed by atoms with van der Waals surface area (Å²) in [6.45, 7) is 6.51. The number of aromatic nitrogens is 2. The molecule has 6 rings (SSSR count). The van der Waals surface area contributed by atoms with Gasteiger partial charge in [-0.05, 0) is 73.7 Å². The average Bonchev–Trinajstić information content (AvgIpc) is 3.17. The highest BCUT2D eigenvalue weighted by molar-refractivity contribution is 6.09. The number of halogens is 1. The molecule has 0 atom stereocenters. The normalized spacial score (nSPS) is 11.7. The number of fused-ring (bicyclic) bond motifs is 4. The van der Waals surface area contributed by atoms with Crippen LogP contribution in [-0.4, -0.2) is 4.57 Å². The summed E-state index contributed by atoms with van der Waals surface area (Å²) in [6, 6.07) is 26.6. The van der Waals surface area contributed by atoms with Crippen LogP contribution in [0.25, 0.3) is 49.5 Å². The third-order valence-electron chi connectivity index (χ3n) is 7.09. The molecular weight excluding hydrogens is 419 g/mol. The summed E-state index contributed by atoms with van der Waals surface area (Å²) in [7, 11) is 2.10. The molecule has 34 heavy (non-hydrogen) atoms. The van der Waals surface area contributed by atoms with Crippen molar-refractivity contribution in [1.82, 2.24) is 4.57 Å². The first-order chi connectivity index (χ1) is 16.4. The number of hydrogen-bond donors (Lipinski definition) is 0. The van der Waals surface area contributed by atoms with E-state index in [4.69, 9.17) is 0 Å². The van der Waals surface area contributed by atoms with Crippen molar-refractivity contribution >= 4 is 32.6 Å². The van der Waals surface area contributed by atoms with Crippen molar-refractivity contribution < 1.29 is 8.96 Å². The zero-order valence-corrected chi connectivity index (χ0v) is 19.9. The molecule has 166 valence electrons. The molecule has 0 saturated heterocycles. The van der Waals surface area contributed by atoms with Gasteiger partial charge in [0.05, 0.1) is 22.0 Å². The minimum atomic E-state index is -0.209. The van der Waals surface area contributed by atoms with E-state index in [1.807, 2.05) is 22.8 Å². The molecule has 0 saturated carbocycles. The molecule has 0 aliphatic rings. The van der Waals surface area contributed by atoms with E-state index in [9.17, 15) is 0 Å². The van der Waals surface area contributed by atoms with Crippen molar-refractivity contribution in [3.05, 3.63) is 108 Å². The standard InChI is InChI=1S/C31H26FN2/c1-19-16-20(2)21(3)27(17-19)30-24-13-12-23(18-22(24)14-15-33(30)4)34-29-11-6-5-8-25(29)26-9-7-10-28(32)31(26)34/h5-18H,1-4H3/q+1. The molecule has 3 heteroatoms. The van der Waals surface area contributed by atoms with Gasteiger partial charge >= 0.3 is 0 Å². The predicted molar refractivity (Wildman–Crippen MR) is 139 cm³/mol. The summed E-state index contributed by atoms with van der Waals surface area (Å²) < 4.78 is 19.4. The highest BCUT2D eigenvalue weighted by Crippen LogP contribution is 2.36. The number of para-hydroxylation sites is 2. The van der Waals surface area contributed by atoms with Crippen LogP contribution in [0.2, 0.25) is 0 Å². The smallest absolute Gasteiger partial charge is 0.220 e. The van der Waals surface area contributed by atoms with Gasteiger partial charge in [0.15, 0.2) is 6.20 Å². The number of nitrogens with zero attached hydrogens (tertiary/aromatic N) is 2. The maximum Gasteiger partial charge on any atom is 0.220 e. The second-order valence-corrected chi connectivity index (χ2v) is 9.29. The van der Waals surface area contributed by atoms with Crippen molar-refractivity contribution in [2.24, 2.45) is 7.05 Å². The summed E-state index contributed by atoms with van der Waals surface area (Å²) in [5, 5.41) is 4.30. The van der Waals surface area contributed by atoms with Crippen LogP contribution in [0.3, 0.4) is 0 Å². The molecule has 2 aromatic heterocycles. The Bertz CT molecular complexity index is 1760. The third kappa shape index (κ3) is 2.97. The molecule has 2 heterocycles. The van der Waals surface area contributed by atoms with E-state index in [0.29, 0.717) is 5.52 Å². The van der Waals surface area contributed by atoms with Crippen LogP contribution in [0.4, 0.5) is 4.39 Å². The molecule has 0 aliphatic heterocycles. The fraction of sp³-hybridized carbons (Fsp3) is 0.129. The number of aryl methyl sites for hydroxylation is 3. The Morgan fingerprint density at radius 1 is 0.765 bits per heavy atom. The lowest BCUT2D eigenvalue weighted by molar-refractivity contribution is -0.659. The van der Waals surface area contributed by atoms with Crippen molar-refractivity contribution in [3.63, 3.8) is 0 Å². The predicted octanol–water partition coefficient (Wildman–Crippen LogP) is 7.49. The Morgan fingerprint density at radius 3 is 2.41 bits per heavy atom. The van der Waals surface area contributed by atoms with Crippen LogP contribution in [0.15, 0.2) is 85.1 Å². The van der Waals surface area contributed by atoms with Gasteiger partial charge in [-0.1, -0.05) is 42.0 Å². The summed E-state index contributed by atoms with van der Waals surface area (Å²) in [5.74, 6) is -0.209. The summed E-state index contributed by atoms with van der Waals surface area (Å²) >= 11 is 0. The number of benzene rings is 4. The SMILES string of the molecule is Cc1cc(C)c(C)c(-c2c3ccc(-n4c5ccccc5c5cccc(F)c54)cc3cc[n+]2C)c1. The van der Waals surface area contributed by atoms with Crippen LogP contribution in [-0.2, 0) is 7.05 Å². The van der Waals surface area contributed by atoms with Gasteiger partial charge in [0, 0.05) is 22.5 Å². The van der Waals surface area contributed by atoms with Crippen LogP contribution in [0, 0.1) is 26.6 Å². The van der Waals surface area contributed by atoms with Gasteiger partial charge in [0.1, 0.15) is 12.9 Å². The molecule has 4 aromatic carbocycles. The monoisotopic (exact) mass is 445 g/mol. The van der Waals surface area contributed by atoms with E-state index in [0.717, 1.165) is 27.4 Å². The largest absolute Gasteiger partial charge is 0.307 e. The van der Waals surface area contributed by atoms with Gasteiger partial charge in [-0.25, -0.2) is 8.96 Å². The number of rotatable bonds is 2. The number of pyridine rings is 1. The molecule has 6 aromatic rings. The fourth-order valence-corrected chi connectivity index (χ4v) is 5.37. The van der Waals surface area contributed by atoms with Crippen LogP contribution in [0.1, 0.15) is 16.7 Å². The Hall–Kier alpha value is -3.98. The molecule has 0 radical (unpaired) electrons.